The predicted octanol–water partition coefficient (Wildman–Crippen LogP) is 0.0143. The van der Waals surface area contributed by atoms with Crippen molar-refractivity contribution in [3.8, 4) is 0 Å². The molecule has 0 bridgehead atoms. The van der Waals surface area contributed by atoms with E-state index in [2.05, 4.69) is 0 Å². The molecule has 0 radical (unpaired) electrons. The Morgan fingerprint density at radius 3 is 1.91 bits per heavy atom. The lowest BCUT2D eigenvalue weighted by Gasteiger charge is -1.99. The largest absolute Gasteiger partial charge is 0.327 e. The highest BCUT2D eigenvalue weighted by atomic mass is 32.2. The first kappa shape index (κ1) is 9.00. The van der Waals surface area contributed by atoms with Gasteiger partial charge in [0, 0.05) is 12.3 Å². The molecule has 1 saturated carbocycles. The molecule has 0 amide bonds. The minimum absolute atomic E-state index is 0.0308. The summed E-state index contributed by atoms with van der Waals surface area (Å²) in [5, 5.41) is 0. The average Bonchev–Trinajstić information content (AvgIpc) is 2.14. The lowest BCUT2D eigenvalue weighted by atomic mass is 10.1. The van der Waals surface area contributed by atoms with Gasteiger partial charge in [0.2, 0.25) is 0 Å². The predicted molar refractivity (Wildman–Crippen MR) is 45.0 cm³/mol. The Kier molecular flexibility index (Phi) is 1.80. The lowest BCUT2D eigenvalue weighted by Crippen LogP contribution is -2.11. The van der Waals surface area contributed by atoms with Gasteiger partial charge in [0.1, 0.15) is 9.84 Å². The van der Waals surface area contributed by atoms with E-state index in [0.717, 1.165) is 0 Å². The van der Waals surface area contributed by atoms with Crippen LogP contribution in [0.15, 0.2) is 0 Å². The number of nitrogens with two attached hydrogens (primary N) is 1. The second-order valence-electron chi connectivity index (χ2n) is 4.05. The second kappa shape index (κ2) is 2.20. The van der Waals surface area contributed by atoms with Gasteiger partial charge in [-0.3, -0.25) is 0 Å². The molecule has 0 unspecified atom stereocenters. The zero-order valence-electron chi connectivity index (χ0n) is 7.16. The Hall–Kier alpha value is -0.0900. The van der Waals surface area contributed by atoms with Crippen LogP contribution in [-0.2, 0) is 9.84 Å². The van der Waals surface area contributed by atoms with Crippen LogP contribution < -0.4 is 5.73 Å². The monoisotopic (exact) mass is 177 g/mol. The molecule has 0 aliphatic heterocycles. The van der Waals surface area contributed by atoms with E-state index < -0.39 is 9.84 Å². The molecule has 66 valence electrons. The van der Waals surface area contributed by atoms with Gasteiger partial charge in [-0.05, 0) is 11.3 Å². The molecular formula is C7H15NO2S. The van der Waals surface area contributed by atoms with Gasteiger partial charge in [0.05, 0.1) is 5.75 Å². The number of rotatable bonds is 2. The summed E-state index contributed by atoms with van der Waals surface area (Å²) < 4.78 is 21.7. The molecule has 0 saturated heterocycles. The van der Waals surface area contributed by atoms with Crippen LogP contribution in [0.3, 0.4) is 0 Å². The van der Waals surface area contributed by atoms with E-state index in [1.807, 2.05) is 13.8 Å². The van der Waals surface area contributed by atoms with Crippen molar-refractivity contribution >= 4 is 9.84 Å². The zero-order chi connectivity index (χ0) is 8.86. The van der Waals surface area contributed by atoms with Crippen LogP contribution in [0.5, 0.6) is 0 Å². The van der Waals surface area contributed by atoms with Gasteiger partial charge < -0.3 is 5.73 Å². The van der Waals surface area contributed by atoms with Crippen molar-refractivity contribution in [1.29, 1.82) is 0 Å². The van der Waals surface area contributed by atoms with E-state index in [4.69, 9.17) is 5.73 Å². The van der Waals surface area contributed by atoms with Crippen LogP contribution in [0.1, 0.15) is 13.8 Å². The number of hydrogen-bond donors (Lipinski definition) is 1. The Morgan fingerprint density at radius 1 is 1.45 bits per heavy atom. The molecule has 1 rings (SSSR count). The topological polar surface area (TPSA) is 60.2 Å². The maximum absolute atomic E-state index is 10.9. The molecule has 2 N–H and O–H groups in total. The SMILES string of the molecule is CC1(C)[C@@H](N)[C@@H]1CS(C)(=O)=O. The summed E-state index contributed by atoms with van der Waals surface area (Å²) in [5.41, 5.74) is 5.72. The van der Waals surface area contributed by atoms with Gasteiger partial charge in [0.25, 0.3) is 0 Å². The second-order valence-corrected chi connectivity index (χ2v) is 6.23. The van der Waals surface area contributed by atoms with Crippen LogP contribution >= 0.6 is 0 Å². The summed E-state index contributed by atoms with van der Waals surface area (Å²) >= 11 is 0. The zero-order valence-corrected chi connectivity index (χ0v) is 7.98. The third kappa shape index (κ3) is 1.73. The van der Waals surface area contributed by atoms with E-state index >= 15 is 0 Å². The highest BCUT2D eigenvalue weighted by Gasteiger charge is 2.56. The van der Waals surface area contributed by atoms with Gasteiger partial charge >= 0.3 is 0 Å². The third-order valence-electron chi connectivity index (χ3n) is 2.62. The van der Waals surface area contributed by atoms with E-state index in [1.54, 1.807) is 0 Å². The summed E-state index contributed by atoms with van der Waals surface area (Å²) in [7, 11) is -2.84. The smallest absolute Gasteiger partial charge is 0.147 e. The summed E-state index contributed by atoms with van der Waals surface area (Å²) in [6.45, 7) is 4.01. The first-order valence-corrected chi connectivity index (χ1v) is 5.74. The molecule has 3 nitrogen and oxygen atoms in total. The summed E-state index contributed by atoms with van der Waals surface area (Å²) in [4.78, 5) is 0. The van der Waals surface area contributed by atoms with Crippen LogP contribution in [-0.4, -0.2) is 26.5 Å². The van der Waals surface area contributed by atoms with Gasteiger partial charge in [-0.15, -0.1) is 0 Å². The van der Waals surface area contributed by atoms with E-state index in [0.29, 0.717) is 0 Å². The van der Waals surface area contributed by atoms with Gasteiger partial charge in [-0.2, -0.15) is 0 Å². The highest BCUT2D eigenvalue weighted by molar-refractivity contribution is 7.90. The molecule has 11 heavy (non-hydrogen) atoms. The summed E-state index contributed by atoms with van der Waals surface area (Å²) in [6, 6.07) is 0.0669. The molecule has 1 aliphatic carbocycles. The van der Waals surface area contributed by atoms with E-state index in [9.17, 15) is 8.42 Å². The molecule has 1 aliphatic rings. The van der Waals surface area contributed by atoms with Crippen LogP contribution in [0.2, 0.25) is 0 Å². The maximum Gasteiger partial charge on any atom is 0.147 e. The molecule has 0 aromatic carbocycles. The van der Waals surface area contributed by atoms with Gasteiger partial charge in [0.15, 0.2) is 0 Å². The fraction of sp³-hybridized carbons (Fsp3) is 1.00. The Bertz CT molecular complexity index is 256. The molecule has 0 spiro atoms. The van der Waals surface area contributed by atoms with Crippen molar-refractivity contribution in [2.24, 2.45) is 17.1 Å². The average molecular weight is 177 g/mol. The summed E-state index contributed by atoms with van der Waals surface area (Å²) in [5.74, 6) is 0.402. The van der Waals surface area contributed by atoms with Crippen LogP contribution in [0.4, 0.5) is 0 Å². The van der Waals surface area contributed by atoms with E-state index in [-0.39, 0.29) is 23.1 Å². The van der Waals surface area contributed by atoms with Crippen molar-refractivity contribution in [3.05, 3.63) is 0 Å². The van der Waals surface area contributed by atoms with Gasteiger partial charge in [-0.25, -0.2) is 8.42 Å². The molecule has 0 aromatic rings. The Morgan fingerprint density at radius 2 is 1.82 bits per heavy atom. The first-order chi connectivity index (χ1) is 4.75. The van der Waals surface area contributed by atoms with Gasteiger partial charge in [-0.1, -0.05) is 13.8 Å². The van der Waals surface area contributed by atoms with Crippen LogP contribution in [0.25, 0.3) is 0 Å². The number of hydrogen-bond acceptors (Lipinski definition) is 3. The fourth-order valence-corrected chi connectivity index (χ4v) is 2.72. The molecule has 2 atom stereocenters. The Labute approximate surface area is 67.9 Å². The van der Waals surface area contributed by atoms with Crippen molar-refractivity contribution in [2.45, 2.75) is 19.9 Å². The Balaban J connectivity index is 2.58. The minimum Gasteiger partial charge on any atom is -0.327 e. The summed E-state index contributed by atoms with van der Waals surface area (Å²) in [6.07, 6.45) is 1.26. The van der Waals surface area contributed by atoms with Crippen molar-refractivity contribution in [2.75, 3.05) is 12.0 Å². The molecule has 0 aromatic heterocycles. The maximum atomic E-state index is 10.9. The number of sulfone groups is 1. The fourth-order valence-electron chi connectivity index (χ4n) is 1.43. The highest BCUT2D eigenvalue weighted by Crippen LogP contribution is 2.50. The first-order valence-electron chi connectivity index (χ1n) is 3.68. The molecule has 1 fully saturated rings. The quantitative estimate of drug-likeness (QED) is 0.646. The molecular weight excluding hydrogens is 162 g/mol. The molecule has 0 heterocycles. The minimum atomic E-state index is -2.84. The van der Waals surface area contributed by atoms with Crippen molar-refractivity contribution in [1.82, 2.24) is 0 Å². The van der Waals surface area contributed by atoms with Crippen molar-refractivity contribution < 1.29 is 8.42 Å². The lowest BCUT2D eigenvalue weighted by molar-refractivity contribution is 0.559. The van der Waals surface area contributed by atoms with Crippen molar-refractivity contribution in [3.63, 3.8) is 0 Å². The van der Waals surface area contributed by atoms with E-state index in [1.165, 1.54) is 6.26 Å². The standard InChI is InChI=1S/C7H15NO2S/c1-7(2)5(6(7)8)4-11(3,9)10/h5-6H,4,8H2,1-3H3/t5-,6-/m0/s1. The third-order valence-corrected chi connectivity index (χ3v) is 3.59. The normalized spacial score (nSPS) is 35.3. The molecule has 4 heteroatoms. The van der Waals surface area contributed by atoms with Crippen LogP contribution in [0, 0.1) is 11.3 Å².